The predicted molar refractivity (Wildman–Crippen MR) is 60.4 cm³/mol. The van der Waals surface area contributed by atoms with Crippen LogP contribution in [0.2, 0.25) is 0 Å². The molecule has 0 aromatic carbocycles. The number of carbonyl (C=O) groups excluding carboxylic acids is 1. The van der Waals surface area contributed by atoms with E-state index in [9.17, 15) is 9.90 Å². The van der Waals surface area contributed by atoms with Gasteiger partial charge in [0.25, 0.3) is 0 Å². The van der Waals surface area contributed by atoms with Gasteiger partial charge in [0.15, 0.2) is 0 Å². The third-order valence-electron chi connectivity index (χ3n) is 3.75. The third kappa shape index (κ3) is 2.35. The van der Waals surface area contributed by atoms with E-state index in [0.29, 0.717) is 25.7 Å². The molecule has 0 saturated heterocycles. The monoisotopic (exact) mass is 224 g/mol. The summed E-state index contributed by atoms with van der Waals surface area (Å²) < 4.78 is 0. The highest BCUT2D eigenvalue weighted by Crippen LogP contribution is 2.40. The minimum Gasteiger partial charge on any atom is -0.388 e. The summed E-state index contributed by atoms with van der Waals surface area (Å²) in [4.78, 5) is 11.8. The molecular formula is C12H20N2O2. The molecule has 0 atom stereocenters. The van der Waals surface area contributed by atoms with Crippen LogP contribution in [0.4, 0.5) is 0 Å². The predicted octanol–water partition coefficient (Wildman–Crippen LogP) is 1.35. The molecule has 1 aliphatic rings. The number of carbonyl (C=O) groups is 1. The van der Waals surface area contributed by atoms with Crippen LogP contribution in [0.1, 0.15) is 46.0 Å². The Morgan fingerprint density at radius 3 is 2.38 bits per heavy atom. The van der Waals surface area contributed by atoms with E-state index in [1.165, 1.54) is 0 Å². The van der Waals surface area contributed by atoms with Crippen molar-refractivity contribution in [2.45, 2.75) is 51.6 Å². The van der Waals surface area contributed by atoms with Gasteiger partial charge in [0.05, 0.1) is 11.7 Å². The van der Waals surface area contributed by atoms with Crippen molar-refractivity contribution in [2.75, 3.05) is 6.54 Å². The highest BCUT2D eigenvalue weighted by molar-refractivity contribution is 5.86. The van der Waals surface area contributed by atoms with E-state index >= 15 is 0 Å². The Hall–Kier alpha value is -1.08. The molecule has 1 aliphatic carbocycles. The van der Waals surface area contributed by atoms with Crippen LogP contribution >= 0.6 is 0 Å². The second kappa shape index (κ2) is 4.84. The quantitative estimate of drug-likeness (QED) is 0.740. The van der Waals surface area contributed by atoms with Gasteiger partial charge in [-0.25, -0.2) is 0 Å². The number of nitrogens with zero attached hydrogens (tertiary/aromatic N) is 1. The molecular weight excluding hydrogens is 204 g/mol. The van der Waals surface area contributed by atoms with Gasteiger partial charge in [0.1, 0.15) is 5.41 Å². The van der Waals surface area contributed by atoms with Gasteiger partial charge >= 0.3 is 0 Å². The van der Waals surface area contributed by atoms with Gasteiger partial charge in [-0.05, 0) is 32.1 Å². The van der Waals surface area contributed by atoms with Crippen LogP contribution in [0.25, 0.3) is 0 Å². The summed E-state index contributed by atoms with van der Waals surface area (Å²) in [7, 11) is 0. The number of nitriles is 1. The number of hydrogen-bond acceptors (Lipinski definition) is 3. The molecule has 2 N–H and O–H groups in total. The molecule has 0 aromatic heterocycles. The maximum atomic E-state index is 11.8. The van der Waals surface area contributed by atoms with Crippen LogP contribution in [0.3, 0.4) is 0 Å². The fourth-order valence-electron chi connectivity index (χ4n) is 1.83. The van der Waals surface area contributed by atoms with Gasteiger partial charge in [-0.15, -0.1) is 0 Å². The van der Waals surface area contributed by atoms with Crippen molar-refractivity contribution >= 4 is 5.91 Å². The minimum absolute atomic E-state index is 0.221. The first-order chi connectivity index (χ1) is 7.52. The van der Waals surface area contributed by atoms with Gasteiger partial charge in [-0.2, -0.15) is 5.26 Å². The molecule has 1 rings (SSSR count). The molecule has 0 spiro atoms. The SMILES string of the molecule is CCC(O)(CC)CNC(=O)C1(C#N)CCC1. The van der Waals surface area contributed by atoms with Gasteiger partial charge in [-0.1, -0.05) is 13.8 Å². The molecule has 0 heterocycles. The molecule has 0 bridgehead atoms. The molecule has 0 unspecified atom stereocenters. The topological polar surface area (TPSA) is 73.1 Å². The summed E-state index contributed by atoms with van der Waals surface area (Å²) in [6, 6.07) is 2.09. The van der Waals surface area contributed by atoms with Crippen molar-refractivity contribution in [1.82, 2.24) is 5.32 Å². The Morgan fingerprint density at radius 1 is 1.50 bits per heavy atom. The smallest absolute Gasteiger partial charge is 0.240 e. The molecule has 4 heteroatoms. The standard InChI is InChI=1S/C12H20N2O2/c1-3-12(16,4-2)9-14-10(15)11(8-13)6-5-7-11/h16H,3-7,9H2,1-2H3,(H,14,15). The van der Waals surface area contributed by atoms with Gasteiger partial charge < -0.3 is 10.4 Å². The number of rotatable bonds is 5. The summed E-state index contributed by atoms with van der Waals surface area (Å²) >= 11 is 0. The van der Waals surface area contributed by atoms with Gasteiger partial charge in [0, 0.05) is 6.54 Å². The van der Waals surface area contributed by atoms with Crippen LogP contribution in [0, 0.1) is 16.7 Å². The second-order valence-electron chi connectivity index (χ2n) is 4.66. The van der Waals surface area contributed by atoms with E-state index in [4.69, 9.17) is 5.26 Å². The summed E-state index contributed by atoms with van der Waals surface area (Å²) in [5.41, 5.74) is -1.65. The molecule has 1 fully saturated rings. The van der Waals surface area contributed by atoms with E-state index in [1.807, 2.05) is 13.8 Å². The molecule has 0 radical (unpaired) electrons. The lowest BCUT2D eigenvalue weighted by atomic mass is 9.69. The molecule has 0 aliphatic heterocycles. The summed E-state index contributed by atoms with van der Waals surface area (Å²) in [6.07, 6.45) is 3.43. The molecule has 1 amide bonds. The average molecular weight is 224 g/mol. The Kier molecular flexibility index (Phi) is 3.93. The average Bonchev–Trinajstić information content (AvgIpc) is 2.25. The third-order valence-corrected chi connectivity index (χ3v) is 3.75. The first-order valence-corrected chi connectivity index (χ1v) is 5.94. The zero-order valence-electron chi connectivity index (χ0n) is 10.0. The van der Waals surface area contributed by atoms with Gasteiger partial charge in [0.2, 0.25) is 5.91 Å². The van der Waals surface area contributed by atoms with E-state index in [2.05, 4.69) is 11.4 Å². The lowest BCUT2D eigenvalue weighted by molar-refractivity contribution is -0.133. The first-order valence-electron chi connectivity index (χ1n) is 5.94. The summed E-state index contributed by atoms with van der Waals surface area (Å²) in [5.74, 6) is -0.221. The van der Waals surface area contributed by atoms with E-state index in [-0.39, 0.29) is 12.5 Å². The largest absolute Gasteiger partial charge is 0.388 e. The van der Waals surface area contributed by atoms with Crippen LogP contribution in [0.5, 0.6) is 0 Å². The molecule has 0 aromatic rings. The lowest BCUT2D eigenvalue weighted by Gasteiger charge is -2.35. The molecule has 16 heavy (non-hydrogen) atoms. The van der Waals surface area contributed by atoms with Gasteiger partial charge in [-0.3, -0.25) is 4.79 Å². The maximum Gasteiger partial charge on any atom is 0.240 e. The normalized spacial score (nSPS) is 18.4. The van der Waals surface area contributed by atoms with Crippen molar-refractivity contribution in [3.05, 3.63) is 0 Å². The van der Waals surface area contributed by atoms with Crippen molar-refractivity contribution < 1.29 is 9.90 Å². The van der Waals surface area contributed by atoms with E-state index in [0.717, 1.165) is 6.42 Å². The zero-order valence-corrected chi connectivity index (χ0v) is 10.0. The van der Waals surface area contributed by atoms with Crippen molar-refractivity contribution in [3.8, 4) is 6.07 Å². The number of amides is 1. The highest BCUT2D eigenvalue weighted by Gasteiger charge is 2.44. The maximum absolute atomic E-state index is 11.8. The Morgan fingerprint density at radius 2 is 2.06 bits per heavy atom. The Labute approximate surface area is 96.6 Å². The van der Waals surface area contributed by atoms with Crippen molar-refractivity contribution in [2.24, 2.45) is 5.41 Å². The molecule has 4 nitrogen and oxygen atoms in total. The second-order valence-corrected chi connectivity index (χ2v) is 4.66. The lowest BCUT2D eigenvalue weighted by Crippen LogP contribution is -2.50. The fourth-order valence-corrected chi connectivity index (χ4v) is 1.83. The van der Waals surface area contributed by atoms with Crippen LogP contribution in [-0.4, -0.2) is 23.2 Å². The number of nitrogens with one attached hydrogen (secondary N) is 1. The molecule has 1 saturated carbocycles. The summed E-state index contributed by atoms with van der Waals surface area (Å²) in [5, 5.41) is 21.7. The zero-order chi connectivity index (χ0) is 12.2. The number of hydrogen-bond donors (Lipinski definition) is 2. The van der Waals surface area contributed by atoms with Crippen LogP contribution in [0.15, 0.2) is 0 Å². The number of aliphatic hydroxyl groups is 1. The first kappa shape index (κ1) is 13.0. The minimum atomic E-state index is -0.837. The van der Waals surface area contributed by atoms with Crippen molar-refractivity contribution in [3.63, 3.8) is 0 Å². The van der Waals surface area contributed by atoms with E-state index < -0.39 is 11.0 Å². The fraction of sp³-hybridized carbons (Fsp3) is 0.833. The molecule has 90 valence electrons. The Balaban J connectivity index is 2.50. The van der Waals surface area contributed by atoms with Crippen molar-refractivity contribution in [1.29, 1.82) is 5.26 Å². The summed E-state index contributed by atoms with van der Waals surface area (Å²) in [6.45, 7) is 4.01. The highest BCUT2D eigenvalue weighted by atomic mass is 16.3. The Bertz CT molecular complexity index is 299. The van der Waals surface area contributed by atoms with Crippen LogP contribution < -0.4 is 5.32 Å². The van der Waals surface area contributed by atoms with Crippen LogP contribution in [-0.2, 0) is 4.79 Å². The van der Waals surface area contributed by atoms with E-state index in [1.54, 1.807) is 0 Å².